The molecule has 0 saturated heterocycles. The van der Waals surface area contributed by atoms with Crippen molar-refractivity contribution in [1.82, 2.24) is 4.57 Å². The SMILES string of the molecule is Cn1cc(-c2ccc([N+](=O)[O-])cc2)sc1=Nc1ccccc1. The van der Waals surface area contributed by atoms with Crippen LogP contribution in [0.3, 0.4) is 0 Å². The zero-order valence-corrected chi connectivity index (χ0v) is 12.7. The molecule has 0 unspecified atom stereocenters. The molecule has 5 nitrogen and oxygen atoms in total. The third-order valence-corrected chi connectivity index (χ3v) is 4.28. The Balaban J connectivity index is 1.98. The van der Waals surface area contributed by atoms with Gasteiger partial charge in [-0.2, -0.15) is 0 Å². The largest absolute Gasteiger partial charge is 0.326 e. The average molecular weight is 311 g/mol. The molecule has 0 spiro atoms. The maximum atomic E-state index is 10.7. The van der Waals surface area contributed by atoms with Crippen LogP contribution < -0.4 is 4.80 Å². The summed E-state index contributed by atoms with van der Waals surface area (Å²) in [4.78, 5) is 16.8. The molecule has 110 valence electrons. The van der Waals surface area contributed by atoms with Crippen molar-refractivity contribution < 1.29 is 4.92 Å². The molecular formula is C16H13N3O2S. The van der Waals surface area contributed by atoms with E-state index in [1.165, 1.54) is 12.1 Å². The number of hydrogen-bond acceptors (Lipinski definition) is 4. The Morgan fingerprint density at radius 2 is 1.77 bits per heavy atom. The Kier molecular flexibility index (Phi) is 3.84. The Morgan fingerprint density at radius 1 is 1.09 bits per heavy atom. The molecule has 1 aromatic heterocycles. The highest BCUT2D eigenvalue weighted by Crippen LogP contribution is 2.24. The fraction of sp³-hybridized carbons (Fsp3) is 0.0625. The van der Waals surface area contributed by atoms with E-state index in [1.54, 1.807) is 23.5 Å². The number of para-hydroxylation sites is 1. The minimum atomic E-state index is -0.394. The number of nitro benzene ring substituents is 1. The minimum absolute atomic E-state index is 0.0962. The summed E-state index contributed by atoms with van der Waals surface area (Å²) in [5.74, 6) is 0. The van der Waals surface area contributed by atoms with E-state index in [2.05, 4.69) is 4.99 Å². The predicted octanol–water partition coefficient (Wildman–Crippen LogP) is 3.89. The molecular weight excluding hydrogens is 298 g/mol. The van der Waals surface area contributed by atoms with Gasteiger partial charge in [0.1, 0.15) is 0 Å². The van der Waals surface area contributed by atoms with E-state index in [1.807, 2.05) is 48.1 Å². The Labute approximate surface area is 131 Å². The number of thiazole rings is 1. The fourth-order valence-electron chi connectivity index (χ4n) is 2.02. The van der Waals surface area contributed by atoms with E-state index in [0.717, 1.165) is 20.9 Å². The van der Waals surface area contributed by atoms with Crippen LogP contribution in [0.4, 0.5) is 11.4 Å². The fourth-order valence-corrected chi connectivity index (χ4v) is 3.03. The van der Waals surface area contributed by atoms with Crippen LogP contribution in [0.15, 0.2) is 65.8 Å². The molecule has 1 heterocycles. The number of hydrogen-bond donors (Lipinski definition) is 0. The van der Waals surface area contributed by atoms with Crippen molar-refractivity contribution in [3.05, 3.63) is 75.7 Å². The van der Waals surface area contributed by atoms with Crippen molar-refractivity contribution in [3.8, 4) is 10.4 Å². The first kappa shape index (κ1) is 14.2. The van der Waals surface area contributed by atoms with E-state index in [0.29, 0.717) is 0 Å². The molecule has 22 heavy (non-hydrogen) atoms. The van der Waals surface area contributed by atoms with E-state index in [-0.39, 0.29) is 5.69 Å². The number of aryl methyl sites for hydroxylation is 1. The molecule has 3 aromatic rings. The molecule has 0 aliphatic rings. The third-order valence-electron chi connectivity index (χ3n) is 3.16. The maximum absolute atomic E-state index is 10.7. The summed E-state index contributed by atoms with van der Waals surface area (Å²) in [5, 5.41) is 10.7. The molecule has 0 radical (unpaired) electrons. The van der Waals surface area contributed by atoms with Crippen molar-refractivity contribution >= 4 is 22.7 Å². The van der Waals surface area contributed by atoms with Crippen LogP contribution in [0.5, 0.6) is 0 Å². The van der Waals surface area contributed by atoms with Gasteiger partial charge in [0, 0.05) is 25.4 Å². The van der Waals surface area contributed by atoms with Gasteiger partial charge >= 0.3 is 0 Å². The first-order valence-electron chi connectivity index (χ1n) is 6.64. The second-order valence-electron chi connectivity index (χ2n) is 4.74. The molecule has 3 rings (SSSR count). The summed E-state index contributed by atoms with van der Waals surface area (Å²) < 4.78 is 1.95. The van der Waals surface area contributed by atoms with Crippen LogP contribution in [0.25, 0.3) is 10.4 Å². The van der Waals surface area contributed by atoms with Gasteiger partial charge in [-0.1, -0.05) is 29.5 Å². The van der Waals surface area contributed by atoms with Crippen molar-refractivity contribution in [1.29, 1.82) is 0 Å². The van der Waals surface area contributed by atoms with E-state index in [9.17, 15) is 10.1 Å². The highest BCUT2D eigenvalue weighted by atomic mass is 32.1. The second-order valence-corrected chi connectivity index (χ2v) is 5.75. The molecule has 0 bridgehead atoms. The van der Waals surface area contributed by atoms with E-state index >= 15 is 0 Å². The predicted molar refractivity (Wildman–Crippen MR) is 87.0 cm³/mol. The van der Waals surface area contributed by atoms with Gasteiger partial charge in [0.15, 0.2) is 4.80 Å². The molecule has 0 saturated carbocycles. The van der Waals surface area contributed by atoms with Gasteiger partial charge in [0.2, 0.25) is 0 Å². The van der Waals surface area contributed by atoms with Crippen molar-refractivity contribution in [2.75, 3.05) is 0 Å². The van der Waals surface area contributed by atoms with Gasteiger partial charge < -0.3 is 4.57 Å². The molecule has 0 aliphatic carbocycles. The summed E-state index contributed by atoms with van der Waals surface area (Å²) in [6.45, 7) is 0. The summed E-state index contributed by atoms with van der Waals surface area (Å²) >= 11 is 1.55. The van der Waals surface area contributed by atoms with Gasteiger partial charge in [-0.3, -0.25) is 10.1 Å². The van der Waals surface area contributed by atoms with Crippen molar-refractivity contribution in [2.24, 2.45) is 12.0 Å². The zero-order chi connectivity index (χ0) is 15.5. The number of nitrogens with zero attached hydrogens (tertiary/aromatic N) is 3. The van der Waals surface area contributed by atoms with Crippen molar-refractivity contribution in [2.45, 2.75) is 0 Å². The summed E-state index contributed by atoms with van der Waals surface area (Å²) in [7, 11) is 1.94. The Hall–Kier alpha value is -2.73. The maximum Gasteiger partial charge on any atom is 0.269 e. The molecule has 6 heteroatoms. The lowest BCUT2D eigenvalue weighted by Crippen LogP contribution is -2.07. The summed E-state index contributed by atoms with van der Waals surface area (Å²) in [5.41, 5.74) is 1.94. The van der Waals surface area contributed by atoms with Crippen LogP contribution >= 0.6 is 11.3 Å². The standard InChI is InChI=1S/C16H13N3O2S/c1-18-11-15(12-7-9-14(10-8-12)19(20)21)22-16(18)17-13-5-3-2-4-6-13/h2-11H,1H3. The summed E-state index contributed by atoms with van der Waals surface area (Å²) in [6, 6.07) is 16.3. The van der Waals surface area contributed by atoms with Crippen LogP contribution in [-0.2, 0) is 7.05 Å². The Bertz CT molecular complexity index is 864. The molecule has 0 fully saturated rings. The topological polar surface area (TPSA) is 60.4 Å². The number of rotatable bonds is 3. The normalized spacial score (nSPS) is 11.6. The Morgan fingerprint density at radius 3 is 2.41 bits per heavy atom. The van der Waals surface area contributed by atoms with E-state index in [4.69, 9.17) is 0 Å². The minimum Gasteiger partial charge on any atom is -0.326 e. The smallest absolute Gasteiger partial charge is 0.269 e. The third kappa shape index (κ3) is 2.96. The molecule has 0 atom stereocenters. The first-order chi connectivity index (χ1) is 10.6. The van der Waals surface area contributed by atoms with Crippen LogP contribution in [0.1, 0.15) is 0 Å². The van der Waals surface area contributed by atoms with Crippen molar-refractivity contribution in [3.63, 3.8) is 0 Å². The average Bonchev–Trinajstić information content (AvgIpc) is 2.89. The molecule has 0 N–H and O–H groups in total. The number of nitro groups is 1. The number of benzene rings is 2. The van der Waals surface area contributed by atoms with Gasteiger partial charge in [0.25, 0.3) is 5.69 Å². The molecule has 0 aliphatic heterocycles. The van der Waals surface area contributed by atoms with Gasteiger partial charge in [-0.15, -0.1) is 0 Å². The lowest BCUT2D eigenvalue weighted by Gasteiger charge is -1.95. The number of non-ortho nitro benzene ring substituents is 1. The second kappa shape index (κ2) is 5.95. The van der Waals surface area contributed by atoms with Gasteiger partial charge in [-0.25, -0.2) is 4.99 Å². The summed E-state index contributed by atoms with van der Waals surface area (Å²) in [6.07, 6.45) is 1.98. The number of aromatic nitrogens is 1. The monoisotopic (exact) mass is 311 g/mol. The molecule has 0 amide bonds. The molecule has 2 aromatic carbocycles. The van der Waals surface area contributed by atoms with Crippen LogP contribution in [-0.4, -0.2) is 9.49 Å². The quantitative estimate of drug-likeness (QED) is 0.544. The van der Waals surface area contributed by atoms with Gasteiger partial charge in [-0.05, 0) is 29.8 Å². The van der Waals surface area contributed by atoms with Gasteiger partial charge in [0.05, 0.1) is 15.5 Å². The highest BCUT2D eigenvalue weighted by molar-refractivity contribution is 7.12. The lowest BCUT2D eigenvalue weighted by atomic mass is 10.2. The zero-order valence-electron chi connectivity index (χ0n) is 11.8. The van der Waals surface area contributed by atoms with E-state index < -0.39 is 4.92 Å². The lowest BCUT2D eigenvalue weighted by molar-refractivity contribution is -0.384. The van der Waals surface area contributed by atoms with Crippen LogP contribution in [0.2, 0.25) is 0 Å². The van der Waals surface area contributed by atoms with Crippen LogP contribution in [0, 0.1) is 10.1 Å². The first-order valence-corrected chi connectivity index (χ1v) is 7.46. The highest BCUT2D eigenvalue weighted by Gasteiger charge is 2.07.